The molecule has 1 aromatic heterocycles. The summed E-state index contributed by atoms with van der Waals surface area (Å²) in [5.41, 5.74) is 1.03. The Labute approximate surface area is 168 Å². The monoisotopic (exact) mass is 417 g/mol. The molecule has 1 aliphatic heterocycles. The SMILES string of the molecule is O=S(=O)(c1cc(F)cc(F)c1)N1CCC(Cn2ccnc2-c2ccccc2)CC1. The maximum Gasteiger partial charge on any atom is 0.243 e. The molecule has 29 heavy (non-hydrogen) atoms. The van der Waals surface area contributed by atoms with Gasteiger partial charge in [0.05, 0.1) is 4.90 Å². The minimum Gasteiger partial charge on any atom is -0.331 e. The van der Waals surface area contributed by atoms with Crippen molar-refractivity contribution in [1.29, 1.82) is 0 Å². The zero-order chi connectivity index (χ0) is 20.4. The summed E-state index contributed by atoms with van der Waals surface area (Å²) < 4.78 is 55.8. The third kappa shape index (κ3) is 4.23. The minimum absolute atomic E-state index is 0.294. The maximum atomic E-state index is 13.4. The van der Waals surface area contributed by atoms with Crippen LogP contribution in [0.5, 0.6) is 0 Å². The van der Waals surface area contributed by atoms with E-state index < -0.39 is 21.7 Å². The van der Waals surface area contributed by atoms with E-state index in [4.69, 9.17) is 0 Å². The van der Waals surface area contributed by atoms with Gasteiger partial charge in [-0.25, -0.2) is 22.2 Å². The van der Waals surface area contributed by atoms with Crippen molar-refractivity contribution in [3.05, 3.63) is 72.6 Å². The Bertz CT molecular complexity index is 1070. The van der Waals surface area contributed by atoms with Crippen LogP contribution in [0.25, 0.3) is 11.4 Å². The molecule has 0 amide bonds. The van der Waals surface area contributed by atoms with Crippen LogP contribution in [-0.2, 0) is 16.6 Å². The quantitative estimate of drug-likeness (QED) is 0.632. The highest BCUT2D eigenvalue weighted by molar-refractivity contribution is 7.89. The van der Waals surface area contributed by atoms with E-state index in [9.17, 15) is 17.2 Å². The van der Waals surface area contributed by atoms with Gasteiger partial charge in [-0.15, -0.1) is 0 Å². The molecule has 0 saturated carbocycles. The number of piperidine rings is 1. The van der Waals surface area contributed by atoms with Crippen molar-refractivity contribution in [1.82, 2.24) is 13.9 Å². The Balaban J connectivity index is 1.44. The fourth-order valence-electron chi connectivity index (χ4n) is 3.74. The van der Waals surface area contributed by atoms with Crippen LogP contribution in [0.1, 0.15) is 12.8 Å². The Hall–Kier alpha value is -2.58. The summed E-state index contributed by atoms with van der Waals surface area (Å²) in [7, 11) is -3.91. The lowest BCUT2D eigenvalue weighted by Crippen LogP contribution is -2.39. The van der Waals surface area contributed by atoms with Crippen LogP contribution in [0, 0.1) is 17.6 Å². The molecule has 2 aromatic carbocycles. The van der Waals surface area contributed by atoms with Crippen molar-refractivity contribution in [3.8, 4) is 11.4 Å². The first-order valence-electron chi connectivity index (χ1n) is 9.46. The van der Waals surface area contributed by atoms with Crippen LogP contribution in [-0.4, -0.2) is 35.4 Å². The molecule has 8 heteroatoms. The predicted octanol–water partition coefficient (Wildman–Crippen LogP) is 3.93. The minimum atomic E-state index is -3.91. The fourth-order valence-corrected chi connectivity index (χ4v) is 5.25. The van der Waals surface area contributed by atoms with Crippen molar-refractivity contribution >= 4 is 10.0 Å². The Morgan fingerprint density at radius 3 is 2.31 bits per heavy atom. The van der Waals surface area contributed by atoms with E-state index in [-0.39, 0.29) is 4.90 Å². The van der Waals surface area contributed by atoms with Gasteiger partial charge in [-0.05, 0) is 30.9 Å². The van der Waals surface area contributed by atoms with E-state index in [2.05, 4.69) is 9.55 Å². The van der Waals surface area contributed by atoms with Crippen LogP contribution in [0.3, 0.4) is 0 Å². The van der Waals surface area contributed by atoms with Crippen LogP contribution in [0.2, 0.25) is 0 Å². The molecule has 1 fully saturated rings. The molecule has 0 bridgehead atoms. The average Bonchev–Trinajstić information content (AvgIpc) is 3.16. The Morgan fingerprint density at radius 2 is 1.66 bits per heavy atom. The smallest absolute Gasteiger partial charge is 0.243 e. The van der Waals surface area contributed by atoms with E-state index in [0.29, 0.717) is 37.9 Å². The maximum absolute atomic E-state index is 13.4. The first-order valence-corrected chi connectivity index (χ1v) is 10.9. The molecule has 0 atom stereocenters. The van der Waals surface area contributed by atoms with E-state index in [1.54, 1.807) is 6.20 Å². The molecule has 0 N–H and O–H groups in total. The third-order valence-corrected chi connectivity index (χ3v) is 7.13. The first kappa shape index (κ1) is 19.7. The van der Waals surface area contributed by atoms with Gasteiger partial charge in [0.25, 0.3) is 0 Å². The average molecular weight is 417 g/mol. The fraction of sp³-hybridized carbons (Fsp3) is 0.286. The van der Waals surface area contributed by atoms with Crippen LogP contribution in [0.15, 0.2) is 65.8 Å². The van der Waals surface area contributed by atoms with Gasteiger partial charge in [-0.3, -0.25) is 0 Å². The zero-order valence-corrected chi connectivity index (χ0v) is 16.5. The number of nitrogens with zero attached hydrogens (tertiary/aromatic N) is 3. The molecule has 1 saturated heterocycles. The molecule has 3 aromatic rings. The van der Waals surface area contributed by atoms with Crippen LogP contribution < -0.4 is 0 Å². The molecule has 2 heterocycles. The standard InChI is InChI=1S/C21H21F2N3O2S/c22-18-12-19(23)14-20(13-18)29(27,28)26-9-6-16(7-10-26)15-25-11-8-24-21(25)17-4-2-1-3-5-17/h1-5,8,11-14,16H,6-7,9-10,15H2. The molecular weight excluding hydrogens is 396 g/mol. The van der Waals surface area contributed by atoms with Crippen LogP contribution in [0.4, 0.5) is 8.78 Å². The number of rotatable bonds is 5. The molecule has 0 unspecified atom stereocenters. The number of sulfonamides is 1. The number of hydrogen-bond donors (Lipinski definition) is 0. The van der Waals surface area contributed by atoms with Gasteiger partial charge in [0.2, 0.25) is 10.0 Å². The van der Waals surface area contributed by atoms with Crippen molar-refractivity contribution in [2.75, 3.05) is 13.1 Å². The van der Waals surface area contributed by atoms with E-state index in [0.717, 1.165) is 30.1 Å². The summed E-state index contributed by atoms with van der Waals surface area (Å²) >= 11 is 0. The van der Waals surface area contributed by atoms with Crippen molar-refractivity contribution < 1.29 is 17.2 Å². The van der Waals surface area contributed by atoms with Gasteiger partial charge < -0.3 is 4.57 Å². The van der Waals surface area contributed by atoms with Crippen molar-refractivity contribution in [2.24, 2.45) is 5.92 Å². The highest BCUT2D eigenvalue weighted by Crippen LogP contribution is 2.27. The summed E-state index contributed by atoms with van der Waals surface area (Å²) in [6.45, 7) is 1.38. The highest BCUT2D eigenvalue weighted by Gasteiger charge is 2.30. The second kappa shape index (κ2) is 8.04. The number of aromatic nitrogens is 2. The second-order valence-electron chi connectivity index (χ2n) is 7.22. The second-order valence-corrected chi connectivity index (χ2v) is 9.16. The number of hydrogen-bond acceptors (Lipinski definition) is 3. The molecule has 0 radical (unpaired) electrons. The lowest BCUT2D eigenvalue weighted by Gasteiger charge is -2.31. The predicted molar refractivity (Wildman–Crippen MR) is 106 cm³/mol. The van der Waals surface area contributed by atoms with Gasteiger partial charge >= 0.3 is 0 Å². The first-order chi connectivity index (χ1) is 13.9. The lowest BCUT2D eigenvalue weighted by atomic mass is 9.98. The third-order valence-electron chi connectivity index (χ3n) is 5.25. The number of imidazole rings is 1. The summed E-state index contributed by atoms with van der Waals surface area (Å²) in [6.07, 6.45) is 5.04. The van der Waals surface area contributed by atoms with Gasteiger partial charge in [-0.1, -0.05) is 30.3 Å². The Morgan fingerprint density at radius 1 is 1.00 bits per heavy atom. The molecule has 0 aliphatic carbocycles. The normalized spacial score (nSPS) is 16.2. The molecule has 1 aliphatic rings. The molecule has 5 nitrogen and oxygen atoms in total. The lowest BCUT2D eigenvalue weighted by molar-refractivity contribution is 0.253. The van der Waals surface area contributed by atoms with Crippen LogP contribution >= 0.6 is 0 Å². The molecule has 4 rings (SSSR count). The Kier molecular flexibility index (Phi) is 5.47. The number of halogens is 2. The van der Waals surface area contributed by atoms with E-state index in [1.165, 1.54) is 4.31 Å². The summed E-state index contributed by atoms with van der Waals surface area (Å²) in [6, 6.07) is 12.3. The topological polar surface area (TPSA) is 55.2 Å². The largest absolute Gasteiger partial charge is 0.331 e. The van der Waals surface area contributed by atoms with Crippen molar-refractivity contribution in [3.63, 3.8) is 0 Å². The molecule has 0 spiro atoms. The number of benzene rings is 2. The highest BCUT2D eigenvalue weighted by atomic mass is 32.2. The van der Waals surface area contributed by atoms with E-state index in [1.807, 2.05) is 36.5 Å². The van der Waals surface area contributed by atoms with Crippen molar-refractivity contribution in [2.45, 2.75) is 24.3 Å². The zero-order valence-electron chi connectivity index (χ0n) is 15.7. The summed E-state index contributed by atoms with van der Waals surface area (Å²) in [5, 5.41) is 0. The summed E-state index contributed by atoms with van der Waals surface area (Å²) in [4.78, 5) is 4.11. The van der Waals surface area contributed by atoms with Gasteiger partial charge in [-0.2, -0.15) is 4.31 Å². The summed E-state index contributed by atoms with van der Waals surface area (Å²) in [5.74, 6) is -0.614. The van der Waals surface area contributed by atoms with Gasteiger partial charge in [0.15, 0.2) is 0 Å². The van der Waals surface area contributed by atoms with Gasteiger partial charge in [0.1, 0.15) is 17.5 Å². The molecular formula is C21H21F2N3O2S. The van der Waals surface area contributed by atoms with Gasteiger partial charge in [0, 0.05) is 43.7 Å². The van der Waals surface area contributed by atoms with E-state index >= 15 is 0 Å². The molecule has 152 valence electrons.